The van der Waals surface area contributed by atoms with Gasteiger partial charge in [0.2, 0.25) is 0 Å². The van der Waals surface area contributed by atoms with Gasteiger partial charge in [-0.25, -0.2) is 14.3 Å². The zero-order chi connectivity index (χ0) is 20.0. The summed E-state index contributed by atoms with van der Waals surface area (Å²) in [6, 6.07) is 6.60. The van der Waals surface area contributed by atoms with E-state index in [0.717, 1.165) is 0 Å². The molecule has 0 N–H and O–H groups in total. The van der Waals surface area contributed by atoms with E-state index in [9.17, 15) is 9.59 Å². The molecule has 3 heterocycles. The van der Waals surface area contributed by atoms with Gasteiger partial charge in [-0.3, -0.25) is 9.36 Å². The van der Waals surface area contributed by atoms with Gasteiger partial charge in [0.05, 0.1) is 33.9 Å². The number of fused-ring (bicyclic) bond motifs is 3. The normalized spacial score (nSPS) is 11.3. The Kier molecular flexibility index (Phi) is 4.56. The molecule has 0 fully saturated rings. The Balaban J connectivity index is 1.98. The van der Waals surface area contributed by atoms with E-state index in [-0.39, 0.29) is 17.7 Å². The number of rotatable bonds is 3. The minimum Gasteiger partial charge on any atom is -0.462 e. The number of nitrogens with zero attached hydrogens (tertiary/aromatic N) is 4. The number of ether oxygens (including phenoxy) is 1. The number of halogens is 2. The molecule has 0 bridgehead atoms. The smallest absolute Gasteiger partial charge is 0.343 e. The zero-order valence-corrected chi connectivity index (χ0v) is 16.5. The van der Waals surface area contributed by atoms with Gasteiger partial charge in [0, 0.05) is 17.4 Å². The number of benzene rings is 1. The second-order valence-electron chi connectivity index (χ2n) is 6.06. The van der Waals surface area contributed by atoms with Gasteiger partial charge in [0.1, 0.15) is 5.56 Å². The van der Waals surface area contributed by atoms with Crippen LogP contribution in [0.4, 0.5) is 0 Å². The maximum absolute atomic E-state index is 13.1. The molecule has 0 radical (unpaired) electrons. The lowest BCUT2D eigenvalue weighted by Crippen LogP contribution is -2.19. The number of carbonyl (C=O) groups excluding carboxylic acids is 1. The van der Waals surface area contributed by atoms with Gasteiger partial charge in [0.25, 0.3) is 5.56 Å². The lowest BCUT2D eigenvalue weighted by molar-refractivity contribution is 0.0527. The van der Waals surface area contributed by atoms with Gasteiger partial charge in [-0.15, -0.1) is 0 Å². The highest BCUT2D eigenvalue weighted by Crippen LogP contribution is 2.24. The Hall–Kier alpha value is -2.90. The Bertz CT molecular complexity index is 1310. The third-order valence-electron chi connectivity index (χ3n) is 4.33. The van der Waals surface area contributed by atoms with Crippen molar-refractivity contribution in [2.45, 2.75) is 13.8 Å². The van der Waals surface area contributed by atoms with Crippen molar-refractivity contribution in [1.82, 2.24) is 19.2 Å². The first-order valence-corrected chi connectivity index (χ1v) is 9.20. The number of aromatic nitrogens is 4. The number of esters is 1. The molecule has 0 atom stereocenters. The van der Waals surface area contributed by atoms with Gasteiger partial charge in [-0.05, 0) is 38.1 Å². The molecule has 0 aliphatic heterocycles. The monoisotopic (exact) mass is 416 g/mol. The summed E-state index contributed by atoms with van der Waals surface area (Å²) in [6.45, 7) is 3.67. The van der Waals surface area contributed by atoms with Crippen molar-refractivity contribution < 1.29 is 9.53 Å². The van der Waals surface area contributed by atoms with Crippen molar-refractivity contribution in [3.63, 3.8) is 0 Å². The van der Waals surface area contributed by atoms with Crippen LogP contribution in [0, 0.1) is 6.92 Å². The maximum atomic E-state index is 13.1. The molecule has 0 saturated carbocycles. The second-order valence-corrected chi connectivity index (χ2v) is 6.90. The average molecular weight is 417 g/mol. The largest absolute Gasteiger partial charge is 0.462 e. The van der Waals surface area contributed by atoms with Crippen LogP contribution in [-0.2, 0) is 4.74 Å². The topological polar surface area (TPSA) is 78.5 Å². The average Bonchev–Trinajstić information content (AvgIpc) is 3.01. The molecule has 28 heavy (non-hydrogen) atoms. The molecule has 0 saturated heterocycles. The molecule has 0 amide bonds. The molecular formula is C19H14Cl2N4O3. The summed E-state index contributed by atoms with van der Waals surface area (Å²) in [7, 11) is 0. The number of pyridine rings is 1. The Morgan fingerprint density at radius 1 is 1.25 bits per heavy atom. The highest BCUT2D eigenvalue weighted by Gasteiger charge is 2.21. The Morgan fingerprint density at radius 2 is 2.04 bits per heavy atom. The van der Waals surface area contributed by atoms with Crippen molar-refractivity contribution in [2.75, 3.05) is 6.61 Å². The summed E-state index contributed by atoms with van der Waals surface area (Å²) >= 11 is 12.3. The predicted molar refractivity (Wildman–Crippen MR) is 107 cm³/mol. The molecule has 4 aromatic rings. The molecule has 4 rings (SSSR count). The summed E-state index contributed by atoms with van der Waals surface area (Å²) in [5, 5.41) is 5.55. The SMILES string of the molecule is CCOC(=O)c1c(C)nn2c1ncc1c(=O)n(-c3cc(Cl)ccc3Cl)ccc12. The second kappa shape index (κ2) is 6.92. The molecule has 0 spiro atoms. The van der Waals surface area contributed by atoms with E-state index in [0.29, 0.717) is 38.0 Å². The number of carbonyl (C=O) groups is 1. The molecule has 0 unspecified atom stereocenters. The fourth-order valence-corrected chi connectivity index (χ4v) is 3.45. The lowest BCUT2D eigenvalue weighted by atomic mass is 10.2. The molecule has 0 aliphatic carbocycles. The minimum absolute atomic E-state index is 0.244. The van der Waals surface area contributed by atoms with E-state index in [1.165, 1.54) is 15.3 Å². The van der Waals surface area contributed by atoms with Crippen LogP contribution in [0.3, 0.4) is 0 Å². The number of hydrogen-bond acceptors (Lipinski definition) is 5. The highest BCUT2D eigenvalue weighted by molar-refractivity contribution is 6.34. The predicted octanol–water partition coefficient (Wildman–Crippen LogP) is 3.83. The summed E-state index contributed by atoms with van der Waals surface area (Å²) in [4.78, 5) is 29.6. The van der Waals surface area contributed by atoms with Crippen LogP contribution in [0.2, 0.25) is 10.0 Å². The first-order valence-electron chi connectivity index (χ1n) is 8.44. The van der Waals surface area contributed by atoms with Crippen molar-refractivity contribution >= 4 is 45.7 Å². The number of hydrogen-bond donors (Lipinski definition) is 0. The van der Waals surface area contributed by atoms with E-state index >= 15 is 0 Å². The van der Waals surface area contributed by atoms with Crippen LogP contribution in [-0.4, -0.2) is 31.7 Å². The lowest BCUT2D eigenvalue weighted by Gasteiger charge is -2.10. The third kappa shape index (κ3) is 2.83. The highest BCUT2D eigenvalue weighted by atomic mass is 35.5. The first kappa shape index (κ1) is 18.5. The summed E-state index contributed by atoms with van der Waals surface area (Å²) < 4.78 is 7.96. The number of aryl methyl sites for hydroxylation is 1. The van der Waals surface area contributed by atoms with Crippen LogP contribution in [0.25, 0.3) is 22.2 Å². The molecule has 7 nitrogen and oxygen atoms in total. The summed E-state index contributed by atoms with van der Waals surface area (Å²) in [5.74, 6) is -0.499. The first-order chi connectivity index (χ1) is 13.4. The van der Waals surface area contributed by atoms with Crippen LogP contribution in [0.15, 0.2) is 41.5 Å². The van der Waals surface area contributed by atoms with Gasteiger partial charge in [0.15, 0.2) is 5.65 Å². The van der Waals surface area contributed by atoms with Crippen LogP contribution >= 0.6 is 23.2 Å². The fraction of sp³-hybridized carbons (Fsp3) is 0.158. The standard InChI is InChI=1S/C19H14Cl2N4O3/c1-3-28-19(27)16-10(2)23-25-14-6-7-24(15-8-11(20)4-5-13(15)21)18(26)12(14)9-22-17(16)25/h4-9H,3H2,1-2H3. The minimum atomic E-state index is -0.499. The molecule has 1 aromatic carbocycles. The van der Waals surface area contributed by atoms with Crippen molar-refractivity contribution in [2.24, 2.45) is 0 Å². The third-order valence-corrected chi connectivity index (χ3v) is 4.89. The Labute approximate surface area is 169 Å². The molecule has 9 heteroatoms. The van der Waals surface area contributed by atoms with E-state index in [1.807, 2.05) is 0 Å². The molecule has 0 aliphatic rings. The maximum Gasteiger partial charge on any atom is 0.343 e. The summed E-state index contributed by atoms with van der Waals surface area (Å²) in [5.41, 5.74) is 1.74. The van der Waals surface area contributed by atoms with Crippen molar-refractivity contribution in [3.05, 3.63) is 68.3 Å². The van der Waals surface area contributed by atoms with Gasteiger partial charge in [-0.1, -0.05) is 23.2 Å². The fourth-order valence-electron chi connectivity index (χ4n) is 3.08. The van der Waals surface area contributed by atoms with Gasteiger partial charge < -0.3 is 4.74 Å². The molecule has 142 valence electrons. The van der Waals surface area contributed by atoms with Crippen molar-refractivity contribution in [1.29, 1.82) is 0 Å². The Morgan fingerprint density at radius 3 is 2.79 bits per heavy atom. The molecule has 3 aromatic heterocycles. The van der Waals surface area contributed by atoms with E-state index in [2.05, 4.69) is 10.1 Å². The van der Waals surface area contributed by atoms with Crippen LogP contribution < -0.4 is 5.56 Å². The molecular weight excluding hydrogens is 403 g/mol. The van der Waals surface area contributed by atoms with E-state index < -0.39 is 5.97 Å². The van der Waals surface area contributed by atoms with E-state index in [1.54, 1.807) is 44.3 Å². The van der Waals surface area contributed by atoms with Gasteiger partial charge >= 0.3 is 5.97 Å². The van der Waals surface area contributed by atoms with E-state index in [4.69, 9.17) is 27.9 Å². The quantitative estimate of drug-likeness (QED) is 0.474. The van der Waals surface area contributed by atoms with Crippen molar-refractivity contribution in [3.8, 4) is 5.69 Å². The zero-order valence-electron chi connectivity index (χ0n) is 14.9. The van der Waals surface area contributed by atoms with Gasteiger partial charge in [-0.2, -0.15) is 5.10 Å². The van der Waals surface area contributed by atoms with Crippen LogP contribution in [0.5, 0.6) is 0 Å². The van der Waals surface area contributed by atoms with Crippen LogP contribution in [0.1, 0.15) is 23.0 Å². The summed E-state index contributed by atoms with van der Waals surface area (Å²) in [6.07, 6.45) is 3.01.